The summed E-state index contributed by atoms with van der Waals surface area (Å²) in [6, 6.07) is 7.04. The molecule has 2 nitrogen and oxygen atoms in total. The number of hydrogen-bond acceptors (Lipinski definition) is 2. The molecule has 1 aliphatic rings. The van der Waals surface area contributed by atoms with E-state index in [4.69, 9.17) is 11.6 Å². The second-order valence-electron chi connectivity index (χ2n) is 4.70. The van der Waals surface area contributed by atoms with E-state index < -0.39 is 0 Å². The standard InChI is InChI=1S/C13H18BrClN2/c1-9(7-11-3-2-6-16-11)17-13-5-4-10(14)8-12(13)15/h4-5,8-9,11,16-17H,2-3,6-7H2,1H3. The van der Waals surface area contributed by atoms with Crippen LogP contribution in [0.25, 0.3) is 0 Å². The molecule has 4 heteroatoms. The molecule has 1 saturated heterocycles. The van der Waals surface area contributed by atoms with Crippen LogP contribution in [-0.4, -0.2) is 18.6 Å². The molecule has 1 aromatic carbocycles. The fraction of sp³-hybridized carbons (Fsp3) is 0.538. The zero-order chi connectivity index (χ0) is 12.3. The van der Waals surface area contributed by atoms with Gasteiger partial charge in [0.05, 0.1) is 10.7 Å². The van der Waals surface area contributed by atoms with Crippen molar-refractivity contribution in [3.05, 3.63) is 27.7 Å². The Morgan fingerprint density at radius 2 is 2.41 bits per heavy atom. The molecule has 1 fully saturated rings. The Balaban J connectivity index is 1.90. The third-order valence-corrected chi connectivity index (χ3v) is 3.94. The Bertz CT molecular complexity index is 378. The predicted molar refractivity (Wildman–Crippen MR) is 77.9 cm³/mol. The number of benzene rings is 1. The molecule has 0 aliphatic carbocycles. The molecule has 0 spiro atoms. The third kappa shape index (κ3) is 3.87. The van der Waals surface area contributed by atoms with Crippen molar-refractivity contribution in [2.24, 2.45) is 0 Å². The third-order valence-electron chi connectivity index (χ3n) is 3.13. The van der Waals surface area contributed by atoms with E-state index >= 15 is 0 Å². The number of hydrogen-bond donors (Lipinski definition) is 2. The Hall–Kier alpha value is -0.250. The minimum Gasteiger partial charge on any atom is -0.381 e. The Morgan fingerprint density at radius 1 is 1.59 bits per heavy atom. The van der Waals surface area contributed by atoms with Gasteiger partial charge in [0.1, 0.15) is 0 Å². The highest BCUT2D eigenvalue weighted by molar-refractivity contribution is 9.10. The lowest BCUT2D eigenvalue weighted by molar-refractivity contribution is 0.523. The Kier molecular flexibility index (Phi) is 4.71. The molecule has 0 amide bonds. The summed E-state index contributed by atoms with van der Waals surface area (Å²) in [4.78, 5) is 0. The summed E-state index contributed by atoms with van der Waals surface area (Å²) < 4.78 is 1.01. The van der Waals surface area contributed by atoms with E-state index in [9.17, 15) is 0 Å². The van der Waals surface area contributed by atoms with Gasteiger partial charge in [-0.05, 0) is 50.9 Å². The van der Waals surface area contributed by atoms with Crippen molar-refractivity contribution in [3.63, 3.8) is 0 Å². The van der Waals surface area contributed by atoms with E-state index in [2.05, 4.69) is 33.5 Å². The molecule has 2 atom stereocenters. The van der Waals surface area contributed by atoms with Crippen LogP contribution in [0.15, 0.2) is 22.7 Å². The highest BCUT2D eigenvalue weighted by Gasteiger charge is 2.17. The molecule has 1 aliphatic heterocycles. The normalized spacial score (nSPS) is 21.5. The van der Waals surface area contributed by atoms with Gasteiger partial charge in [-0.2, -0.15) is 0 Å². The monoisotopic (exact) mass is 316 g/mol. The number of nitrogens with one attached hydrogen (secondary N) is 2. The molecular weight excluding hydrogens is 300 g/mol. The number of rotatable bonds is 4. The highest BCUT2D eigenvalue weighted by atomic mass is 79.9. The fourth-order valence-electron chi connectivity index (χ4n) is 2.32. The van der Waals surface area contributed by atoms with Gasteiger partial charge >= 0.3 is 0 Å². The van der Waals surface area contributed by atoms with Crippen molar-refractivity contribution in [3.8, 4) is 0 Å². The molecule has 2 N–H and O–H groups in total. The lowest BCUT2D eigenvalue weighted by Gasteiger charge is -2.20. The first-order chi connectivity index (χ1) is 8.15. The summed E-state index contributed by atoms with van der Waals surface area (Å²) in [7, 11) is 0. The molecule has 2 rings (SSSR count). The van der Waals surface area contributed by atoms with Crippen LogP contribution in [0.3, 0.4) is 0 Å². The quantitative estimate of drug-likeness (QED) is 0.875. The first-order valence-corrected chi connectivity index (χ1v) is 7.27. The van der Waals surface area contributed by atoms with Gasteiger partial charge in [0.15, 0.2) is 0 Å². The van der Waals surface area contributed by atoms with Crippen molar-refractivity contribution in [1.82, 2.24) is 5.32 Å². The summed E-state index contributed by atoms with van der Waals surface area (Å²) in [6.45, 7) is 3.37. The van der Waals surface area contributed by atoms with Crippen LogP contribution in [-0.2, 0) is 0 Å². The molecule has 2 unspecified atom stereocenters. The van der Waals surface area contributed by atoms with Gasteiger partial charge in [0.2, 0.25) is 0 Å². The Morgan fingerprint density at radius 3 is 3.06 bits per heavy atom. The van der Waals surface area contributed by atoms with Gasteiger partial charge in [-0.1, -0.05) is 27.5 Å². The summed E-state index contributed by atoms with van der Waals surface area (Å²) in [6.07, 6.45) is 3.74. The minimum absolute atomic E-state index is 0.435. The van der Waals surface area contributed by atoms with Crippen molar-refractivity contribution >= 4 is 33.2 Å². The van der Waals surface area contributed by atoms with Crippen LogP contribution in [0.2, 0.25) is 5.02 Å². The lowest BCUT2D eigenvalue weighted by Crippen LogP contribution is -2.29. The highest BCUT2D eigenvalue weighted by Crippen LogP contribution is 2.26. The van der Waals surface area contributed by atoms with Crippen molar-refractivity contribution < 1.29 is 0 Å². The van der Waals surface area contributed by atoms with E-state index in [-0.39, 0.29) is 0 Å². The predicted octanol–water partition coefficient (Wildman–Crippen LogP) is 4.05. The first kappa shape index (κ1) is 13.2. The maximum absolute atomic E-state index is 6.18. The van der Waals surface area contributed by atoms with E-state index in [0.717, 1.165) is 28.1 Å². The lowest BCUT2D eigenvalue weighted by atomic mass is 10.1. The maximum atomic E-state index is 6.18. The molecule has 17 heavy (non-hydrogen) atoms. The van der Waals surface area contributed by atoms with Crippen LogP contribution in [0, 0.1) is 0 Å². The summed E-state index contributed by atoms with van der Waals surface area (Å²) in [5.41, 5.74) is 1.01. The molecular formula is C13H18BrClN2. The number of halogens is 2. The van der Waals surface area contributed by atoms with E-state index in [1.54, 1.807) is 0 Å². The molecule has 0 bridgehead atoms. The van der Waals surface area contributed by atoms with Crippen molar-refractivity contribution in [2.75, 3.05) is 11.9 Å². The van der Waals surface area contributed by atoms with Gasteiger partial charge in [-0.3, -0.25) is 0 Å². The average Bonchev–Trinajstić information content (AvgIpc) is 2.75. The smallest absolute Gasteiger partial charge is 0.0648 e. The maximum Gasteiger partial charge on any atom is 0.0648 e. The van der Waals surface area contributed by atoms with Gasteiger partial charge in [-0.25, -0.2) is 0 Å². The second-order valence-corrected chi connectivity index (χ2v) is 6.02. The van der Waals surface area contributed by atoms with Gasteiger partial charge < -0.3 is 10.6 Å². The topological polar surface area (TPSA) is 24.1 Å². The van der Waals surface area contributed by atoms with Gasteiger partial charge in [-0.15, -0.1) is 0 Å². The molecule has 0 radical (unpaired) electrons. The zero-order valence-corrected chi connectivity index (χ0v) is 12.3. The van der Waals surface area contributed by atoms with Crippen LogP contribution in [0.4, 0.5) is 5.69 Å². The summed E-state index contributed by atoms with van der Waals surface area (Å²) in [5, 5.41) is 7.76. The van der Waals surface area contributed by atoms with Crippen LogP contribution in [0.5, 0.6) is 0 Å². The average molecular weight is 318 g/mol. The van der Waals surface area contributed by atoms with Crippen LogP contribution in [0.1, 0.15) is 26.2 Å². The fourth-order valence-corrected chi connectivity index (χ4v) is 3.04. The summed E-state index contributed by atoms with van der Waals surface area (Å²) >= 11 is 9.59. The van der Waals surface area contributed by atoms with E-state index in [0.29, 0.717) is 12.1 Å². The van der Waals surface area contributed by atoms with E-state index in [1.807, 2.05) is 18.2 Å². The first-order valence-electron chi connectivity index (χ1n) is 6.10. The summed E-state index contributed by atoms with van der Waals surface area (Å²) in [5.74, 6) is 0. The van der Waals surface area contributed by atoms with Crippen LogP contribution >= 0.6 is 27.5 Å². The largest absolute Gasteiger partial charge is 0.381 e. The SMILES string of the molecule is CC(CC1CCCN1)Nc1ccc(Br)cc1Cl. The molecule has 1 aromatic rings. The minimum atomic E-state index is 0.435. The van der Waals surface area contributed by atoms with Gasteiger partial charge in [0, 0.05) is 16.6 Å². The van der Waals surface area contributed by atoms with Crippen molar-refractivity contribution in [1.29, 1.82) is 0 Å². The second kappa shape index (κ2) is 6.07. The van der Waals surface area contributed by atoms with Crippen LogP contribution < -0.4 is 10.6 Å². The number of anilines is 1. The Labute approximate surface area is 116 Å². The van der Waals surface area contributed by atoms with E-state index in [1.165, 1.54) is 12.8 Å². The van der Waals surface area contributed by atoms with Crippen molar-refractivity contribution in [2.45, 2.75) is 38.3 Å². The molecule has 94 valence electrons. The molecule has 0 aromatic heterocycles. The molecule has 1 heterocycles. The van der Waals surface area contributed by atoms with Gasteiger partial charge in [0.25, 0.3) is 0 Å². The molecule has 0 saturated carbocycles. The zero-order valence-electron chi connectivity index (χ0n) is 9.97.